The molecule has 2 aliphatic rings. The third kappa shape index (κ3) is 3.60. The largest absolute Gasteiger partial charge is 0.390 e. The van der Waals surface area contributed by atoms with Gasteiger partial charge in [0.25, 0.3) is 5.91 Å². The Labute approximate surface area is 168 Å². The Kier molecular flexibility index (Phi) is 5.04. The van der Waals surface area contributed by atoms with E-state index in [1.54, 1.807) is 25.1 Å². The molecule has 1 aromatic carbocycles. The number of rotatable bonds is 3. The maximum absolute atomic E-state index is 13.3. The molecule has 2 amide bonds. The van der Waals surface area contributed by atoms with Crippen LogP contribution in [0.5, 0.6) is 0 Å². The number of nitrogens with zero attached hydrogens (tertiary/aromatic N) is 3. The Bertz CT molecular complexity index is 936. The summed E-state index contributed by atoms with van der Waals surface area (Å²) in [6, 6.07) is 6.99. The number of nitrogens with one attached hydrogen (secondary N) is 1. The van der Waals surface area contributed by atoms with Crippen LogP contribution in [0.2, 0.25) is 0 Å². The molecule has 0 radical (unpaired) electrons. The summed E-state index contributed by atoms with van der Waals surface area (Å²) < 4.78 is 13.2. The molecule has 1 aromatic heterocycles. The van der Waals surface area contributed by atoms with Crippen LogP contribution in [0.1, 0.15) is 42.0 Å². The van der Waals surface area contributed by atoms with Crippen molar-refractivity contribution in [2.45, 2.75) is 44.8 Å². The molecular weight excluding hydrogens is 375 g/mol. The van der Waals surface area contributed by atoms with E-state index in [-0.39, 0.29) is 35.9 Å². The van der Waals surface area contributed by atoms with Gasteiger partial charge < -0.3 is 15.3 Å². The molecule has 7 nitrogen and oxygen atoms in total. The molecule has 4 rings (SSSR count). The van der Waals surface area contributed by atoms with Crippen molar-refractivity contribution in [3.05, 3.63) is 53.9 Å². The molecule has 2 fully saturated rings. The number of β-amino-alcohol motifs (C(OH)–C–C–N with tert-alkyl or cyclic N) is 1. The number of carbonyl (C=O) groups excluding carboxylic acids is 2. The van der Waals surface area contributed by atoms with Gasteiger partial charge in [0.15, 0.2) is 0 Å². The molecule has 3 unspecified atom stereocenters. The lowest BCUT2D eigenvalue weighted by Gasteiger charge is -2.38. The average Bonchev–Trinajstić information content (AvgIpc) is 2.93. The van der Waals surface area contributed by atoms with Gasteiger partial charge >= 0.3 is 0 Å². The summed E-state index contributed by atoms with van der Waals surface area (Å²) in [7, 11) is 0. The molecule has 1 saturated carbocycles. The minimum atomic E-state index is -0.938. The second-order valence-corrected chi connectivity index (χ2v) is 7.82. The van der Waals surface area contributed by atoms with Crippen LogP contribution in [-0.4, -0.2) is 45.6 Å². The molecule has 0 bridgehead atoms. The Balaban J connectivity index is 1.51. The van der Waals surface area contributed by atoms with Gasteiger partial charge in [-0.1, -0.05) is 6.42 Å². The smallest absolute Gasteiger partial charge is 0.270 e. The van der Waals surface area contributed by atoms with Crippen LogP contribution < -0.4 is 10.2 Å². The summed E-state index contributed by atoms with van der Waals surface area (Å²) in [6.45, 7) is 1.88. The number of benzene rings is 1. The molecule has 152 valence electrons. The van der Waals surface area contributed by atoms with E-state index in [1.807, 2.05) is 0 Å². The van der Waals surface area contributed by atoms with Crippen molar-refractivity contribution >= 4 is 17.5 Å². The summed E-state index contributed by atoms with van der Waals surface area (Å²) in [6.07, 6.45) is 3.05. The van der Waals surface area contributed by atoms with Crippen molar-refractivity contribution in [2.75, 3.05) is 11.4 Å². The number of anilines is 1. The SMILES string of the molecule is Cc1nccc(C(=O)NC2CCCC3(C2)C(=O)N(c2ccc(F)cc2)CC3O)n1. The fraction of sp³-hybridized carbons (Fsp3) is 0.429. The summed E-state index contributed by atoms with van der Waals surface area (Å²) >= 11 is 0. The van der Waals surface area contributed by atoms with Gasteiger partial charge in [-0.25, -0.2) is 14.4 Å². The number of amides is 2. The number of aliphatic hydroxyl groups is 1. The van der Waals surface area contributed by atoms with Crippen molar-refractivity contribution in [1.29, 1.82) is 0 Å². The second kappa shape index (κ2) is 7.51. The van der Waals surface area contributed by atoms with Gasteiger partial charge in [-0.2, -0.15) is 0 Å². The first-order valence-electron chi connectivity index (χ1n) is 9.75. The summed E-state index contributed by atoms with van der Waals surface area (Å²) in [5.41, 5.74) is -0.0927. The van der Waals surface area contributed by atoms with Crippen LogP contribution in [0.15, 0.2) is 36.5 Å². The third-order valence-corrected chi connectivity index (χ3v) is 5.93. The van der Waals surface area contributed by atoms with Crippen molar-refractivity contribution in [1.82, 2.24) is 15.3 Å². The maximum Gasteiger partial charge on any atom is 0.270 e. The highest BCUT2D eigenvalue weighted by atomic mass is 19.1. The van der Waals surface area contributed by atoms with Crippen LogP contribution in [0.25, 0.3) is 0 Å². The lowest BCUT2D eigenvalue weighted by molar-refractivity contribution is -0.132. The molecule has 1 saturated heterocycles. The topological polar surface area (TPSA) is 95.4 Å². The fourth-order valence-electron chi connectivity index (χ4n) is 4.46. The van der Waals surface area contributed by atoms with E-state index in [0.29, 0.717) is 30.8 Å². The van der Waals surface area contributed by atoms with Crippen LogP contribution in [0.4, 0.5) is 10.1 Å². The zero-order chi connectivity index (χ0) is 20.6. The van der Waals surface area contributed by atoms with E-state index >= 15 is 0 Å². The minimum Gasteiger partial charge on any atom is -0.390 e. The van der Waals surface area contributed by atoms with E-state index in [0.717, 1.165) is 6.42 Å². The zero-order valence-electron chi connectivity index (χ0n) is 16.1. The van der Waals surface area contributed by atoms with Crippen molar-refractivity contribution in [2.24, 2.45) is 5.41 Å². The lowest BCUT2D eigenvalue weighted by Crippen LogP contribution is -2.49. The average molecular weight is 398 g/mol. The number of aryl methyl sites for hydroxylation is 1. The highest BCUT2D eigenvalue weighted by Gasteiger charge is 2.55. The van der Waals surface area contributed by atoms with Gasteiger partial charge in [0.1, 0.15) is 17.3 Å². The fourth-order valence-corrected chi connectivity index (χ4v) is 4.46. The third-order valence-electron chi connectivity index (χ3n) is 5.93. The van der Waals surface area contributed by atoms with Crippen LogP contribution in [0.3, 0.4) is 0 Å². The molecule has 29 heavy (non-hydrogen) atoms. The molecule has 2 N–H and O–H groups in total. The van der Waals surface area contributed by atoms with E-state index in [2.05, 4.69) is 15.3 Å². The predicted octanol–water partition coefficient (Wildman–Crippen LogP) is 1.99. The first-order chi connectivity index (χ1) is 13.9. The van der Waals surface area contributed by atoms with E-state index in [4.69, 9.17) is 0 Å². The van der Waals surface area contributed by atoms with Gasteiger partial charge in [0.2, 0.25) is 5.91 Å². The summed E-state index contributed by atoms with van der Waals surface area (Å²) in [4.78, 5) is 35.5. The molecule has 3 atom stereocenters. The number of hydrogen-bond acceptors (Lipinski definition) is 5. The van der Waals surface area contributed by atoms with Gasteiger partial charge in [0, 0.05) is 17.9 Å². The quantitative estimate of drug-likeness (QED) is 0.825. The Hall–Kier alpha value is -2.87. The first kappa shape index (κ1) is 19.4. The number of aliphatic hydroxyl groups excluding tert-OH is 1. The van der Waals surface area contributed by atoms with E-state index in [9.17, 15) is 19.1 Å². The molecule has 1 spiro atoms. The molecule has 2 aromatic rings. The molecule has 2 heterocycles. The van der Waals surface area contributed by atoms with Crippen molar-refractivity contribution in [3.8, 4) is 0 Å². The normalized spacial score (nSPS) is 26.7. The minimum absolute atomic E-state index is 0.163. The molecule has 1 aliphatic carbocycles. The van der Waals surface area contributed by atoms with E-state index < -0.39 is 11.5 Å². The Morgan fingerprint density at radius 2 is 2.07 bits per heavy atom. The standard InChI is InChI=1S/C21H23FN4O3/c1-13-23-10-8-17(24-13)19(28)25-15-3-2-9-21(11-15)18(27)12-26(20(21)29)16-6-4-14(22)5-7-16/h4-8,10,15,18,27H,2-3,9,11-12H2,1H3,(H,25,28). The Morgan fingerprint density at radius 3 is 2.79 bits per heavy atom. The molecule has 1 aliphatic heterocycles. The lowest BCUT2D eigenvalue weighted by atomic mass is 9.69. The molecule has 8 heteroatoms. The van der Waals surface area contributed by atoms with Gasteiger partial charge in [-0.05, 0) is 56.5 Å². The number of carbonyl (C=O) groups is 2. The molecular formula is C21H23FN4O3. The van der Waals surface area contributed by atoms with Gasteiger partial charge in [0.05, 0.1) is 18.1 Å². The van der Waals surface area contributed by atoms with Crippen molar-refractivity contribution < 1.29 is 19.1 Å². The Morgan fingerprint density at radius 1 is 1.31 bits per heavy atom. The van der Waals surface area contributed by atoms with Crippen LogP contribution in [0, 0.1) is 18.2 Å². The first-order valence-corrected chi connectivity index (χ1v) is 9.75. The second-order valence-electron chi connectivity index (χ2n) is 7.82. The highest BCUT2D eigenvalue weighted by Crippen LogP contribution is 2.46. The number of hydrogen-bond donors (Lipinski definition) is 2. The van der Waals surface area contributed by atoms with E-state index in [1.165, 1.54) is 23.2 Å². The summed E-state index contributed by atoms with van der Waals surface area (Å²) in [5, 5.41) is 13.8. The van der Waals surface area contributed by atoms with Crippen molar-refractivity contribution in [3.63, 3.8) is 0 Å². The maximum atomic E-state index is 13.3. The summed E-state index contributed by atoms with van der Waals surface area (Å²) in [5.74, 6) is -0.355. The zero-order valence-corrected chi connectivity index (χ0v) is 16.1. The van der Waals surface area contributed by atoms with Crippen LogP contribution in [-0.2, 0) is 4.79 Å². The van der Waals surface area contributed by atoms with Gasteiger partial charge in [-0.3, -0.25) is 9.59 Å². The monoisotopic (exact) mass is 398 g/mol. The number of aromatic nitrogens is 2. The highest BCUT2D eigenvalue weighted by molar-refractivity contribution is 6.01. The van der Waals surface area contributed by atoms with Gasteiger partial charge in [-0.15, -0.1) is 0 Å². The van der Waals surface area contributed by atoms with Crippen LogP contribution >= 0.6 is 0 Å². The predicted molar refractivity (Wildman–Crippen MR) is 104 cm³/mol. The number of halogens is 1.